The average molecular weight is 234 g/mol. The minimum atomic E-state index is -0.277. The van der Waals surface area contributed by atoms with Gasteiger partial charge in [-0.15, -0.1) is 5.10 Å². The van der Waals surface area contributed by atoms with Gasteiger partial charge in [-0.2, -0.15) is 0 Å². The van der Waals surface area contributed by atoms with Gasteiger partial charge in [-0.25, -0.2) is 9.07 Å². The average Bonchev–Trinajstić information content (AvgIpc) is 2.74. The van der Waals surface area contributed by atoms with Crippen LogP contribution >= 0.6 is 0 Å². The van der Waals surface area contributed by atoms with E-state index in [9.17, 15) is 4.39 Å². The van der Waals surface area contributed by atoms with Crippen molar-refractivity contribution in [1.82, 2.24) is 20.3 Å². The Bertz CT molecular complexity index is 493. The molecule has 90 valence electrons. The molecule has 17 heavy (non-hydrogen) atoms. The van der Waals surface area contributed by atoms with Crippen LogP contribution in [0.4, 0.5) is 4.39 Å². The van der Waals surface area contributed by atoms with Gasteiger partial charge in [0.25, 0.3) is 0 Å². The fourth-order valence-electron chi connectivity index (χ4n) is 1.51. The lowest BCUT2D eigenvalue weighted by Gasteiger charge is -2.09. The largest absolute Gasteiger partial charge is 0.309 e. The van der Waals surface area contributed by atoms with E-state index in [1.54, 1.807) is 23.0 Å². The van der Waals surface area contributed by atoms with Crippen LogP contribution in [0.15, 0.2) is 30.5 Å². The molecule has 0 atom stereocenters. The zero-order valence-corrected chi connectivity index (χ0v) is 9.89. The van der Waals surface area contributed by atoms with Gasteiger partial charge in [0.2, 0.25) is 0 Å². The molecule has 0 saturated carbocycles. The number of hydrogen-bond donors (Lipinski definition) is 1. The SMILES string of the molecule is CC(C)NCc1cnnn1-c1cccc(F)c1. The summed E-state index contributed by atoms with van der Waals surface area (Å²) in [4.78, 5) is 0. The molecular weight excluding hydrogens is 219 g/mol. The van der Waals surface area contributed by atoms with Crippen molar-refractivity contribution in [3.8, 4) is 5.69 Å². The van der Waals surface area contributed by atoms with Gasteiger partial charge in [0.15, 0.2) is 0 Å². The summed E-state index contributed by atoms with van der Waals surface area (Å²) in [5, 5.41) is 11.1. The monoisotopic (exact) mass is 234 g/mol. The predicted molar refractivity (Wildman–Crippen MR) is 63.3 cm³/mol. The Kier molecular flexibility index (Phi) is 3.49. The molecule has 0 spiro atoms. The molecule has 1 aromatic carbocycles. The lowest BCUT2D eigenvalue weighted by atomic mass is 10.3. The highest BCUT2D eigenvalue weighted by atomic mass is 19.1. The van der Waals surface area contributed by atoms with Crippen LogP contribution in [0.1, 0.15) is 19.5 Å². The van der Waals surface area contributed by atoms with Gasteiger partial charge in [0, 0.05) is 12.6 Å². The van der Waals surface area contributed by atoms with Gasteiger partial charge in [-0.1, -0.05) is 25.1 Å². The summed E-state index contributed by atoms with van der Waals surface area (Å²) >= 11 is 0. The lowest BCUT2D eigenvalue weighted by molar-refractivity contribution is 0.569. The second-order valence-corrected chi connectivity index (χ2v) is 4.15. The first-order chi connectivity index (χ1) is 8.16. The fraction of sp³-hybridized carbons (Fsp3) is 0.333. The van der Waals surface area contributed by atoms with E-state index in [-0.39, 0.29) is 5.82 Å². The van der Waals surface area contributed by atoms with Crippen molar-refractivity contribution in [2.75, 3.05) is 0 Å². The molecule has 1 aromatic heterocycles. The summed E-state index contributed by atoms with van der Waals surface area (Å²) in [7, 11) is 0. The van der Waals surface area contributed by atoms with Crippen LogP contribution in [0.25, 0.3) is 5.69 Å². The zero-order valence-electron chi connectivity index (χ0n) is 9.89. The van der Waals surface area contributed by atoms with Gasteiger partial charge < -0.3 is 5.32 Å². The standard InChI is InChI=1S/C12H15FN4/c1-9(2)14-7-12-8-15-16-17(12)11-5-3-4-10(13)6-11/h3-6,8-9,14H,7H2,1-2H3. The van der Waals surface area contributed by atoms with E-state index in [1.165, 1.54) is 12.1 Å². The normalized spacial score (nSPS) is 11.1. The molecule has 0 amide bonds. The van der Waals surface area contributed by atoms with Crippen LogP contribution in [0.2, 0.25) is 0 Å². The van der Waals surface area contributed by atoms with E-state index >= 15 is 0 Å². The molecule has 2 aromatic rings. The zero-order chi connectivity index (χ0) is 12.3. The highest BCUT2D eigenvalue weighted by Gasteiger charge is 2.07. The van der Waals surface area contributed by atoms with Crippen molar-refractivity contribution in [1.29, 1.82) is 0 Å². The number of rotatable bonds is 4. The summed E-state index contributed by atoms with van der Waals surface area (Å²) in [6, 6.07) is 6.69. The summed E-state index contributed by atoms with van der Waals surface area (Å²) in [6.07, 6.45) is 1.68. The molecular formula is C12H15FN4. The molecule has 0 bridgehead atoms. The maximum atomic E-state index is 13.1. The maximum absolute atomic E-state index is 13.1. The number of benzene rings is 1. The van der Waals surface area contributed by atoms with Crippen molar-refractivity contribution >= 4 is 0 Å². The Morgan fingerprint density at radius 3 is 2.94 bits per heavy atom. The summed E-state index contributed by atoms with van der Waals surface area (Å²) < 4.78 is 14.8. The topological polar surface area (TPSA) is 42.7 Å². The predicted octanol–water partition coefficient (Wildman–Crippen LogP) is 1.90. The second-order valence-electron chi connectivity index (χ2n) is 4.15. The first-order valence-corrected chi connectivity index (χ1v) is 5.55. The summed E-state index contributed by atoms with van der Waals surface area (Å²) in [5.41, 5.74) is 1.59. The Labute approximate surface area is 99.5 Å². The molecule has 5 heteroatoms. The van der Waals surface area contributed by atoms with Crippen LogP contribution < -0.4 is 5.32 Å². The highest BCUT2D eigenvalue weighted by Crippen LogP contribution is 2.10. The van der Waals surface area contributed by atoms with E-state index in [0.717, 1.165) is 5.69 Å². The third-order valence-corrected chi connectivity index (χ3v) is 2.36. The van der Waals surface area contributed by atoms with Crippen molar-refractivity contribution in [3.05, 3.63) is 42.0 Å². The third-order valence-electron chi connectivity index (χ3n) is 2.36. The molecule has 0 unspecified atom stereocenters. The van der Waals surface area contributed by atoms with Gasteiger partial charge in [-0.3, -0.25) is 0 Å². The van der Waals surface area contributed by atoms with E-state index in [2.05, 4.69) is 29.5 Å². The molecule has 1 N–H and O–H groups in total. The van der Waals surface area contributed by atoms with Gasteiger partial charge in [0.1, 0.15) is 5.82 Å². The maximum Gasteiger partial charge on any atom is 0.125 e. The van der Waals surface area contributed by atoms with Crippen molar-refractivity contribution in [3.63, 3.8) is 0 Å². The minimum absolute atomic E-state index is 0.277. The first-order valence-electron chi connectivity index (χ1n) is 5.55. The van der Waals surface area contributed by atoms with E-state index in [0.29, 0.717) is 18.3 Å². The number of aromatic nitrogens is 3. The number of nitrogens with zero attached hydrogens (tertiary/aromatic N) is 3. The Morgan fingerprint density at radius 2 is 2.24 bits per heavy atom. The molecule has 0 aliphatic rings. The Balaban J connectivity index is 2.24. The molecule has 0 saturated heterocycles. The van der Waals surface area contributed by atoms with E-state index in [1.807, 2.05) is 0 Å². The van der Waals surface area contributed by atoms with Crippen molar-refractivity contribution in [2.45, 2.75) is 26.4 Å². The third kappa shape index (κ3) is 2.88. The van der Waals surface area contributed by atoms with Crippen LogP contribution in [-0.2, 0) is 6.54 Å². The van der Waals surface area contributed by atoms with Gasteiger partial charge in [-0.05, 0) is 18.2 Å². The highest BCUT2D eigenvalue weighted by molar-refractivity contribution is 5.32. The van der Waals surface area contributed by atoms with Gasteiger partial charge in [0.05, 0.1) is 17.6 Å². The number of halogens is 1. The molecule has 1 heterocycles. The number of hydrogen-bond acceptors (Lipinski definition) is 3. The molecule has 2 rings (SSSR count). The molecule has 0 aliphatic heterocycles. The van der Waals surface area contributed by atoms with Crippen molar-refractivity contribution in [2.24, 2.45) is 0 Å². The number of nitrogens with one attached hydrogen (secondary N) is 1. The lowest BCUT2D eigenvalue weighted by Crippen LogP contribution is -2.23. The summed E-state index contributed by atoms with van der Waals surface area (Å²) in [5.74, 6) is -0.277. The Hall–Kier alpha value is -1.75. The summed E-state index contributed by atoms with van der Waals surface area (Å²) in [6.45, 7) is 4.79. The van der Waals surface area contributed by atoms with Crippen LogP contribution in [0, 0.1) is 5.82 Å². The van der Waals surface area contributed by atoms with Gasteiger partial charge >= 0.3 is 0 Å². The quantitative estimate of drug-likeness (QED) is 0.878. The molecule has 0 fully saturated rings. The van der Waals surface area contributed by atoms with Crippen molar-refractivity contribution < 1.29 is 4.39 Å². The molecule has 0 aliphatic carbocycles. The van der Waals surface area contributed by atoms with E-state index < -0.39 is 0 Å². The second kappa shape index (κ2) is 5.05. The fourth-order valence-corrected chi connectivity index (χ4v) is 1.51. The van der Waals surface area contributed by atoms with E-state index in [4.69, 9.17) is 0 Å². The Morgan fingerprint density at radius 1 is 1.41 bits per heavy atom. The minimum Gasteiger partial charge on any atom is -0.309 e. The smallest absolute Gasteiger partial charge is 0.125 e. The van der Waals surface area contributed by atoms with Crippen LogP contribution in [-0.4, -0.2) is 21.0 Å². The van der Waals surface area contributed by atoms with Crippen LogP contribution in [0.5, 0.6) is 0 Å². The first kappa shape index (κ1) is 11.7. The molecule has 0 radical (unpaired) electrons. The van der Waals surface area contributed by atoms with Crippen LogP contribution in [0.3, 0.4) is 0 Å². The molecule has 4 nitrogen and oxygen atoms in total.